The van der Waals surface area contributed by atoms with Crippen LogP contribution in [0, 0.1) is 11.8 Å². The van der Waals surface area contributed by atoms with Crippen LogP contribution in [-0.2, 0) is 9.53 Å². The Labute approximate surface area is 88.2 Å². The number of ether oxygens (including phenoxy) is 2. The summed E-state index contributed by atoms with van der Waals surface area (Å²) in [7, 11) is 2.90. The molecular formula is C11H11NO3. The molecule has 0 atom stereocenters. The molecule has 1 rings (SSSR count). The molecule has 1 aromatic heterocycles. The molecule has 15 heavy (non-hydrogen) atoms. The molecule has 0 aliphatic heterocycles. The van der Waals surface area contributed by atoms with E-state index in [2.05, 4.69) is 21.6 Å². The molecule has 0 unspecified atom stereocenters. The van der Waals surface area contributed by atoms with Gasteiger partial charge < -0.3 is 9.47 Å². The summed E-state index contributed by atoms with van der Waals surface area (Å²) < 4.78 is 9.39. The molecule has 0 fully saturated rings. The minimum Gasteiger partial charge on any atom is -0.495 e. The van der Waals surface area contributed by atoms with Crippen molar-refractivity contribution in [2.45, 2.75) is 6.42 Å². The highest BCUT2D eigenvalue weighted by atomic mass is 16.5. The first-order chi connectivity index (χ1) is 7.26. The van der Waals surface area contributed by atoms with Gasteiger partial charge in [-0.3, -0.25) is 4.79 Å². The molecule has 0 amide bonds. The van der Waals surface area contributed by atoms with Crippen LogP contribution in [0.5, 0.6) is 5.75 Å². The van der Waals surface area contributed by atoms with Gasteiger partial charge in [0.2, 0.25) is 0 Å². The Kier molecular flexibility index (Phi) is 4.17. The third kappa shape index (κ3) is 3.69. The summed E-state index contributed by atoms with van der Waals surface area (Å²) in [4.78, 5) is 14.8. The van der Waals surface area contributed by atoms with E-state index in [-0.39, 0.29) is 12.4 Å². The fourth-order valence-corrected chi connectivity index (χ4v) is 0.854. The SMILES string of the molecule is COC(=O)CC#Cc1ccc(OC)cn1. The summed E-state index contributed by atoms with van der Waals surface area (Å²) in [5.74, 6) is 5.73. The van der Waals surface area contributed by atoms with Crippen LogP contribution < -0.4 is 4.74 Å². The third-order valence-corrected chi connectivity index (χ3v) is 1.65. The van der Waals surface area contributed by atoms with E-state index in [4.69, 9.17) is 4.74 Å². The van der Waals surface area contributed by atoms with Gasteiger partial charge in [0.25, 0.3) is 0 Å². The highest BCUT2D eigenvalue weighted by molar-refractivity contribution is 5.72. The molecule has 0 N–H and O–H groups in total. The van der Waals surface area contributed by atoms with Crippen LogP contribution in [0.2, 0.25) is 0 Å². The van der Waals surface area contributed by atoms with E-state index in [1.165, 1.54) is 7.11 Å². The predicted octanol–water partition coefficient (Wildman–Crippen LogP) is 1.00. The quantitative estimate of drug-likeness (QED) is 0.534. The lowest BCUT2D eigenvalue weighted by atomic mass is 10.3. The van der Waals surface area contributed by atoms with E-state index >= 15 is 0 Å². The van der Waals surface area contributed by atoms with E-state index in [1.807, 2.05) is 0 Å². The molecule has 0 saturated heterocycles. The Bertz CT molecular complexity index is 387. The predicted molar refractivity (Wildman–Crippen MR) is 54.3 cm³/mol. The summed E-state index contributed by atoms with van der Waals surface area (Å²) in [5, 5.41) is 0. The maximum atomic E-state index is 10.7. The number of rotatable bonds is 2. The second-order valence-corrected chi connectivity index (χ2v) is 2.64. The lowest BCUT2D eigenvalue weighted by Crippen LogP contribution is -1.97. The van der Waals surface area contributed by atoms with Crippen molar-refractivity contribution in [3.63, 3.8) is 0 Å². The van der Waals surface area contributed by atoms with Crippen molar-refractivity contribution in [2.24, 2.45) is 0 Å². The van der Waals surface area contributed by atoms with Gasteiger partial charge in [-0.15, -0.1) is 0 Å². The molecule has 1 heterocycles. The van der Waals surface area contributed by atoms with Gasteiger partial charge in [-0.25, -0.2) is 4.98 Å². The molecule has 4 heteroatoms. The van der Waals surface area contributed by atoms with Crippen molar-refractivity contribution in [3.8, 4) is 17.6 Å². The number of hydrogen-bond acceptors (Lipinski definition) is 4. The molecule has 78 valence electrons. The van der Waals surface area contributed by atoms with Crippen LogP contribution in [0.25, 0.3) is 0 Å². The Morgan fingerprint density at radius 1 is 1.47 bits per heavy atom. The first kappa shape index (κ1) is 11.1. The lowest BCUT2D eigenvalue weighted by molar-refractivity contribution is -0.139. The molecule has 0 bridgehead atoms. The van der Waals surface area contributed by atoms with Crippen LogP contribution in [-0.4, -0.2) is 25.2 Å². The number of methoxy groups -OCH3 is 2. The second-order valence-electron chi connectivity index (χ2n) is 2.64. The van der Waals surface area contributed by atoms with E-state index < -0.39 is 0 Å². The number of nitrogens with zero attached hydrogens (tertiary/aromatic N) is 1. The molecule has 0 aromatic carbocycles. The smallest absolute Gasteiger partial charge is 0.317 e. The largest absolute Gasteiger partial charge is 0.495 e. The van der Waals surface area contributed by atoms with E-state index in [9.17, 15) is 4.79 Å². The highest BCUT2D eigenvalue weighted by Gasteiger charge is 1.94. The molecule has 0 aliphatic rings. The summed E-state index contributed by atoms with van der Waals surface area (Å²) >= 11 is 0. The van der Waals surface area contributed by atoms with Crippen molar-refractivity contribution in [1.82, 2.24) is 4.98 Å². The summed E-state index contributed by atoms with van der Waals surface area (Å²) in [6.45, 7) is 0. The number of carbonyl (C=O) groups excluding carboxylic acids is 1. The molecule has 0 saturated carbocycles. The molecular weight excluding hydrogens is 194 g/mol. The number of aromatic nitrogens is 1. The number of pyridine rings is 1. The van der Waals surface area contributed by atoms with E-state index in [0.29, 0.717) is 11.4 Å². The van der Waals surface area contributed by atoms with Crippen molar-refractivity contribution < 1.29 is 14.3 Å². The fourth-order valence-electron chi connectivity index (χ4n) is 0.854. The molecule has 0 spiro atoms. The van der Waals surface area contributed by atoms with Gasteiger partial charge in [0.1, 0.15) is 17.9 Å². The van der Waals surface area contributed by atoms with Crippen LogP contribution in [0.15, 0.2) is 18.3 Å². The fraction of sp³-hybridized carbons (Fsp3) is 0.273. The zero-order valence-corrected chi connectivity index (χ0v) is 8.61. The number of carbonyl (C=O) groups is 1. The Hall–Kier alpha value is -2.02. The second kappa shape index (κ2) is 5.66. The van der Waals surface area contributed by atoms with Gasteiger partial charge in [-0.2, -0.15) is 0 Å². The molecule has 4 nitrogen and oxygen atoms in total. The third-order valence-electron chi connectivity index (χ3n) is 1.65. The zero-order valence-electron chi connectivity index (χ0n) is 8.61. The van der Waals surface area contributed by atoms with Crippen molar-refractivity contribution in [3.05, 3.63) is 24.0 Å². The lowest BCUT2D eigenvalue weighted by Gasteiger charge is -1.96. The normalized spacial score (nSPS) is 8.67. The van der Waals surface area contributed by atoms with Crippen LogP contribution in [0.1, 0.15) is 12.1 Å². The van der Waals surface area contributed by atoms with E-state index in [0.717, 1.165) is 0 Å². The van der Waals surface area contributed by atoms with Crippen LogP contribution in [0.3, 0.4) is 0 Å². The topological polar surface area (TPSA) is 48.4 Å². The summed E-state index contributed by atoms with van der Waals surface area (Å²) in [6.07, 6.45) is 1.65. The molecule has 1 aromatic rings. The average Bonchev–Trinajstić information content (AvgIpc) is 2.29. The minimum atomic E-state index is -0.351. The highest BCUT2D eigenvalue weighted by Crippen LogP contribution is 2.06. The van der Waals surface area contributed by atoms with Crippen LogP contribution in [0.4, 0.5) is 0 Å². The Morgan fingerprint density at radius 3 is 2.80 bits per heavy atom. The number of hydrogen-bond donors (Lipinski definition) is 0. The monoisotopic (exact) mass is 205 g/mol. The van der Waals surface area contributed by atoms with Gasteiger partial charge in [0.05, 0.1) is 20.4 Å². The molecule has 0 radical (unpaired) electrons. The van der Waals surface area contributed by atoms with Crippen molar-refractivity contribution in [2.75, 3.05) is 14.2 Å². The van der Waals surface area contributed by atoms with E-state index in [1.54, 1.807) is 25.4 Å². The minimum absolute atomic E-state index is 0.0736. The van der Waals surface area contributed by atoms with Gasteiger partial charge >= 0.3 is 5.97 Å². The number of esters is 1. The van der Waals surface area contributed by atoms with Gasteiger partial charge in [0.15, 0.2) is 0 Å². The van der Waals surface area contributed by atoms with Crippen molar-refractivity contribution in [1.29, 1.82) is 0 Å². The average molecular weight is 205 g/mol. The van der Waals surface area contributed by atoms with Crippen LogP contribution >= 0.6 is 0 Å². The van der Waals surface area contributed by atoms with Crippen molar-refractivity contribution >= 4 is 5.97 Å². The maximum absolute atomic E-state index is 10.7. The van der Waals surface area contributed by atoms with Gasteiger partial charge in [-0.05, 0) is 18.1 Å². The summed E-state index contributed by atoms with van der Waals surface area (Å²) in [5.41, 5.74) is 0.597. The van der Waals surface area contributed by atoms with Gasteiger partial charge in [0, 0.05) is 0 Å². The molecule has 0 aliphatic carbocycles. The first-order valence-electron chi connectivity index (χ1n) is 4.32. The maximum Gasteiger partial charge on any atom is 0.317 e. The van der Waals surface area contributed by atoms with Gasteiger partial charge in [-0.1, -0.05) is 5.92 Å². The standard InChI is InChI=1S/C11H11NO3/c1-14-10-7-6-9(12-8-10)4-3-5-11(13)15-2/h6-8H,5H2,1-2H3. The zero-order chi connectivity index (χ0) is 11.1. The first-order valence-corrected chi connectivity index (χ1v) is 4.32. The summed E-state index contributed by atoms with van der Waals surface area (Å²) in [6, 6.07) is 3.48. The Balaban J connectivity index is 2.60. The Morgan fingerprint density at radius 2 is 2.27 bits per heavy atom.